The minimum absolute atomic E-state index is 0.301. The summed E-state index contributed by atoms with van der Waals surface area (Å²) in [5, 5.41) is 0. The van der Waals surface area contributed by atoms with Gasteiger partial charge in [-0.2, -0.15) is 0 Å². The molecule has 2 rings (SSSR count). The van der Waals surface area contributed by atoms with Crippen LogP contribution in [-0.2, 0) is 25.4 Å². The number of hydrogen-bond donors (Lipinski definition) is 0. The fraction of sp³-hybridized carbons (Fsp3) is 0.562. The predicted molar refractivity (Wildman–Crippen MR) is 75.2 cm³/mol. The van der Waals surface area contributed by atoms with Crippen LogP contribution in [0.1, 0.15) is 32.3 Å². The van der Waals surface area contributed by atoms with Crippen LogP contribution in [0.25, 0.3) is 0 Å². The van der Waals surface area contributed by atoms with Crippen LogP contribution in [0.2, 0.25) is 0 Å². The van der Waals surface area contributed by atoms with Gasteiger partial charge in [0.25, 0.3) is 0 Å². The summed E-state index contributed by atoms with van der Waals surface area (Å²) < 4.78 is 16.8. The normalized spacial score (nSPS) is 24.6. The maximum atomic E-state index is 11.9. The molecule has 0 spiro atoms. The van der Waals surface area contributed by atoms with Gasteiger partial charge in [0, 0.05) is 6.42 Å². The van der Waals surface area contributed by atoms with Gasteiger partial charge in [0.2, 0.25) is 0 Å². The SMILES string of the molecule is CCC1(CC)O[C@H](Cc2ccccc2)[C@H](C(=O)OC)O1. The Kier molecular flexibility index (Phi) is 4.78. The molecular weight excluding hydrogens is 256 g/mol. The van der Waals surface area contributed by atoms with E-state index >= 15 is 0 Å². The van der Waals surface area contributed by atoms with Gasteiger partial charge in [0.15, 0.2) is 11.9 Å². The van der Waals surface area contributed by atoms with Gasteiger partial charge in [-0.05, 0) is 18.4 Å². The quantitative estimate of drug-likeness (QED) is 0.777. The molecule has 110 valence electrons. The van der Waals surface area contributed by atoms with Crippen molar-refractivity contribution >= 4 is 5.97 Å². The van der Waals surface area contributed by atoms with Gasteiger partial charge >= 0.3 is 5.97 Å². The molecular formula is C16H22O4. The third-order valence-electron chi connectivity index (χ3n) is 3.84. The second kappa shape index (κ2) is 6.37. The molecule has 0 aliphatic carbocycles. The van der Waals surface area contributed by atoms with Crippen LogP contribution < -0.4 is 0 Å². The molecule has 0 amide bonds. The Bertz CT molecular complexity index is 439. The molecule has 0 N–H and O–H groups in total. The zero-order chi connectivity index (χ0) is 14.6. The number of esters is 1. The number of carbonyl (C=O) groups excluding carboxylic acids is 1. The molecule has 2 atom stereocenters. The minimum atomic E-state index is -0.668. The average Bonchev–Trinajstić information content (AvgIpc) is 2.87. The first-order chi connectivity index (χ1) is 9.64. The van der Waals surface area contributed by atoms with Crippen molar-refractivity contribution < 1.29 is 19.0 Å². The molecule has 4 heteroatoms. The molecule has 1 aromatic carbocycles. The van der Waals surface area contributed by atoms with Crippen molar-refractivity contribution in [2.24, 2.45) is 0 Å². The highest BCUT2D eigenvalue weighted by molar-refractivity contribution is 5.75. The number of benzene rings is 1. The summed E-state index contributed by atoms with van der Waals surface area (Å²) in [4.78, 5) is 11.9. The van der Waals surface area contributed by atoms with E-state index in [4.69, 9.17) is 14.2 Å². The molecule has 20 heavy (non-hydrogen) atoms. The van der Waals surface area contributed by atoms with Crippen molar-refractivity contribution in [1.29, 1.82) is 0 Å². The van der Waals surface area contributed by atoms with Crippen molar-refractivity contribution in [2.75, 3.05) is 7.11 Å². The zero-order valence-corrected chi connectivity index (χ0v) is 12.3. The van der Waals surface area contributed by atoms with Crippen molar-refractivity contribution in [3.05, 3.63) is 35.9 Å². The Morgan fingerprint density at radius 1 is 1.20 bits per heavy atom. The Balaban J connectivity index is 2.17. The molecule has 0 bridgehead atoms. The highest BCUT2D eigenvalue weighted by Crippen LogP contribution is 2.36. The van der Waals surface area contributed by atoms with Crippen LogP contribution in [0.3, 0.4) is 0 Å². The maximum absolute atomic E-state index is 11.9. The van der Waals surface area contributed by atoms with E-state index in [-0.39, 0.29) is 12.1 Å². The van der Waals surface area contributed by atoms with Crippen molar-refractivity contribution in [2.45, 2.75) is 51.1 Å². The third-order valence-corrected chi connectivity index (χ3v) is 3.84. The largest absolute Gasteiger partial charge is 0.467 e. The summed E-state index contributed by atoms with van der Waals surface area (Å²) in [6, 6.07) is 9.97. The van der Waals surface area contributed by atoms with Crippen molar-refractivity contribution in [3.8, 4) is 0 Å². The van der Waals surface area contributed by atoms with E-state index in [1.165, 1.54) is 7.11 Å². The lowest BCUT2D eigenvalue weighted by Gasteiger charge is -2.24. The lowest BCUT2D eigenvalue weighted by atomic mass is 10.0. The fourth-order valence-corrected chi connectivity index (χ4v) is 2.57. The number of ether oxygens (including phenoxy) is 3. The van der Waals surface area contributed by atoms with Crippen LogP contribution in [0.15, 0.2) is 30.3 Å². The van der Waals surface area contributed by atoms with Gasteiger partial charge in [0.05, 0.1) is 7.11 Å². The van der Waals surface area contributed by atoms with E-state index in [9.17, 15) is 4.79 Å². The van der Waals surface area contributed by atoms with Crippen LogP contribution >= 0.6 is 0 Å². The first-order valence-corrected chi connectivity index (χ1v) is 7.11. The maximum Gasteiger partial charge on any atom is 0.337 e. The van der Waals surface area contributed by atoms with E-state index < -0.39 is 11.9 Å². The van der Waals surface area contributed by atoms with E-state index in [2.05, 4.69) is 0 Å². The molecule has 1 saturated heterocycles. The third kappa shape index (κ3) is 3.02. The van der Waals surface area contributed by atoms with E-state index in [0.29, 0.717) is 19.3 Å². The van der Waals surface area contributed by atoms with Gasteiger partial charge in [-0.3, -0.25) is 0 Å². The predicted octanol–water partition coefficient (Wildman–Crippen LogP) is 2.70. The van der Waals surface area contributed by atoms with Crippen LogP contribution in [0, 0.1) is 0 Å². The smallest absolute Gasteiger partial charge is 0.337 e. The van der Waals surface area contributed by atoms with E-state index in [1.54, 1.807) is 0 Å². The standard InChI is InChI=1S/C16H22O4/c1-4-16(5-2)19-13(14(20-16)15(17)18-3)11-12-9-7-6-8-10-12/h6-10,13-14H,4-5,11H2,1-3H3/t13-,14-/m1/s1. The van der Waals surface area contributed by atoms with Crippen molar-refractivity contribution in [1.82, 2.24) is 0 Å². The summed E-state index contributed by atoms with van der Waals surface area (Å²) in [6.45, 7) is 4.01. The Labute approximate surface area is 120 Å². The Morgan fingerprint density at radius 2 is 1.85 bits per heavy atom. The molecule has 1 fully saturated rings. The van der Waals surface area contributed by atoms with Gasteiger partial charge in [-0.15, -0.1) is 0 Å². The topological polar surface area (TPSA) is 44.8 Å². The highest BCUT2D eigenvalue weighted by atomic mass is 16.8. The molecule has 0 aromatic heterocycles. The second-order valence-corrected chi connectivity index (χ2v) is 5.03. The molecule has 1 aliphatic heterocycles. The molecule has 1 aromatic rings. The number of methoxy groups -OCH3 is 1. The van der Waals surface area contributed by atoms with Gasteiger partial charge in [-0.1, -0.05) is 44.2 Å². The Morgan fingerprint density at radius 3 is 2.40 bits per heavy atom. The molecule has 4 nitrogen and oxygen atoms in total. The summed E-state index contributed by atoms with van der Waals surface area (Å²) in [5.41, 5.74) is 1.12. The lowest BCUT2D eigenvalue weighted by molar-refractivity contribution is -0.187. The van der Waals surface area contributed by atoms with Crippen LogP contribution in [-0.4, -0.2) is 31.1 Å². The second-order valence-electron chi connectivity index (χ2n) is 5.03. The van der Waals surface area contributed by atoms with Crippen LogP contribution in [0.5, 0.6) is 0 Å². The van der Waals surface area contributed by atoms with Gasteiger partial charge in [-0.25, -0.2) is 4.79 Å². The van der Waals surface area contributed by atoms with Crippen LogP contribution in [0.4, 0.5) is 0 Å². The summed E-state index contributed by atoms with van der Waals surface area (Å²) >= 11 is 0. The molecule has 1 heterocycles. The average molecular weight is 278 g/mol. The zero-order valence-electron chi connectivity index (χ0n) is 12.3. The minimum Gasteiger partial charge on any atom is -0.467 e. The number of hydrogen-bond acceptors (Lipinski definition) is 4. The molecule has 0 unspecified atom stereocenters. The number of rotatable bonds is 5. The molecule has 1 aliphatic rings. The van der Waals surface area contributed by atoms with Crippen molar-refractivity contribution in [3.63, 3.8) is 0 Å². The fourth-order valence-electron chi connectivity index (χ4n) is 2.57. The summed E-state index contributed by atoms with van der Waals surface area (Å²) in [7, 11) is 1.38. The monoisotopic (exact) mass is 278 g/mol. The van der Waals surface area contributed by atoms with Gasteiger partial charge < -0.3 is 14.2 Å². The first-order valence-electron chi connectivity index (χ1n) is 7.11. The first kappa shape index (κ1) is 15.0. The summed E-state index contributed by atoms with van der Waals surface area (Å²) in [5.74, 6) is -1.03. The van der Waals surface area contributed by atoms with E-state index in [0.717, 1.165) is 5.56 Å². The van der Waals surface area contributed by atoms with Gasteiger partial charge in [0.1, 0.15) is 6.10 Å². The summed E-state index contributed by atoms with van der Waals surface area (Å²) in [6.07, 6.45) is 1.11. The highest BCUT2D eigenvalue weighted by Gasteiger charge is 2.48. The molecule has 0 radical (unpaired) electrons. The molecule has 0 saturated carbocycles. The lowest BCUT2D eigenvalue weighted by Crippen LogP contribution is -2.34. The Hall–Kier alpha value is -1.39. The number of carbonyl (C=O) groups is 1. The van der Waals surface area contributed by atoms with E-state index in [1.807, 2.05) is 44.2 Å².